The predicted molar refractivity (Wildman–Crippen MR) is 100 cm³/mol. The second-order valence-electron chi connectivity index (χ2n) is 6.07. The number of halogens is 1. The van der Waals surface area contributed by atoms with Crippen molar-refractivity contribution in [2.75, 3.05) is 11.9 Å². The molecule has 1 amide bonds. The van der Waals surface area contributed by atoms with Gasteiger partial charge in [-0.3, -0.25) is 4.79 Å². The van der Waals surface area contributed by atoms with E-state index in [1.54, 1.807) is 24.3 Å². The zero-order valence-electron chi connectivity index (χ0n) is 14.1. The number of rotatable bonds is 7. The molecule has 0 aliphatic rings. The van der Waals surface area contributed by atoms with Gasteiger partial charge >= 0.3 is 0 Å². The summed E-state index contributed by atoms with van der Waals surface area (Å²) in [5.74, 6) is 0.0978. The van der Waals surface area contributed by atoms with Crippen LogP contribution >= 0.6 is 11.6 Å². The SMILES string of the molecule is CC(C)CCNS(=O)(=O)c1ccc(C(=O)Nc2ccc(Cl)cc2)cc1. The van der Waals surface area contributed by atoms with Crippen molar-refractivity contribution in [2.45, 2.75) is 25.2 Å². The van der Waals surface area contributed by atoms with Crippen LogP contribution in [0.3, 0.4) is 0 Å². The van der Waals surface area contributed by atoms with E-state index in [1.807, 2.05) is 13.8 Å². The van der Waals surface area contributed by atoms with Gasteiger partial charge in [0.2, 0.25) is 10.0 Å². The second kappa shape index (κ2) is 8.47. The number of sulfonamides is 1. The van der Waals surface area contributed by atoms with Crippen molar-refractivity contribution in [2.24, 2.45) is 5.92 Å². The van der Waals surface area contributed by atoms with Crippen LogP contribution in [0.15, 0.2) is 53.4 Å². The Morgan fingerprint density at radius 2 is 1.64 bits per heavy atom. The third-order valence-electron chi connectivity index (χ3n) is 3.54. The number of hydrogen-bond donors (Lipinski definition) is 2. The summed E-state index contributed by atoms with van der Waals surface area (Å²) in [5.41, 5.74) is 0.984. The summed E-state index contributed by atoms with van der Waals surface area (Å²) in [7, 11) is -3.56. The molecule has 0 aliphatic carbocycles. The van der Waals surface area contributed by atoms with Gasteiger partial charge < -0.3 is 5.32 Å². The zero-order chi connectivity index (χ0) is 18.4. The molecule has 0 aromatic heterocycles. The van der Waals surface area contributed by atoms with Gasteiger partial charge in [0.25, 0.3) is 5.91 Å². The van der Waals surface area contributed by atoms with E-state index >= 15 is 0 Å². The van der Waals surface area contributed by atoms with Crippen molar-refractivity contribution in [3.05, 3.63) is 59.1 Å². The minimum Gasteiger partial charge on any atom is -0.322 e. The molecule has 0 saturated carbocycles. The minimum atomic E-state index is -3.56. The van der Waals surface area contributed by atoms with Gasteiger partial charge in [0.05, 0.1) is 4.90 Å². The number of carbonyl (C=O) groups is 1. The summed E-state index contributed by atoms with van der Waals surface area (Å²) >= 11 is 5.80. The largest absolute Gasteiger partial charge is 0.322 e. The molecule has 0 aliphatic heterocycles. The summed E-state index contributed by atoms with van der Waals surface area (Å²) in [5, 5.41) is 3.31. The molecular weight excluding hydrogens is 360 g/mol. The summed E-state index contributed by atoms with van der Waals surface area (Å²) < 4.78 is 26.9. The summed E-state index contributed by atoms with van der Waals surface area (Å²) in [6, 6.07) is 12.6. The van der Waals surface area contributed by atoms with E-state index in [9.17, 15) is 13.2 Å². The van der Waals surface area contributed by atoms with E-state index < -0.39 is 10.0 Å². The maximum Gasteiger partial charge on any atom is 0.255 e. The molecule has 2 aromatic carbocycles. The molecule has 2 rings (SSSR count). The highest BCUT2D eigenvalue weighted by Crippen LogP contribution is 2.16. The van der Waals surface area contributed by atoms with Gasteiger partial charge in [0.1, 0.15) is 0 Å². The zero-order valence-corrected chi connectivity index (χ0v) is 15.7. The van der Waals surface area contributed by atoms with Crippen molar-refractivity contribution < 1.29 is 13.2 Å². The summed E-state index contributed by atoms with van der Waals surface area (Å²) in [6.07, 6.45) is 0.765. The average Bonchev–Trinajstić information content (AvgIpc) is 2.56. The molecule has 0 atom stereocenters. The minimum absolute atomic E-state index is 0.138. The van der Waals surface area contributed by atoms with Gasteiger partial charge in [-0.15, -0.1) is 0 Å². The first kappa shape index (κ1) is 19.4. The Balaban J connectivity index is 2.03. The van der Waals surface area contributed by atoms with E-state index in [0.29, 0.717) is 28.7 Å². The van der Waals surface area contributed by atoms with E-state index in [2.05, 4.69) is 10.0 Å². The van der Waals surface area contributed by atoms with Crippen molar-refractivity contribution in [3.8, 4) is 0 Å². The van der Waals surface area contributed by atoms with Crippen molar-refractivity contribution >= 4 is 33.2 Å². The Morgan fingerprint density at radius 3 is 2.20 bits per heavy atom. The molecule has 0 spiro atoms. The Labute approximate surface area is 153 Å². The van der Waals surface area contributed by atoms with Gasteiger partial charge in [0, 0.05) is 22.8 Å². The Kier molecular flexibility index (Phi) is 6.58. The maximum absolute atomic E-state index is 12.2. The fourth-order valence-electron chi connectivity index (χ4n) is 2.09. The number of hydrogen-bond acceptors (Lipinski definition) is 3. The third kappa shape index (κ3) is 5.85. The lowest BCUT2D eigenvalue weighted by atomic mass is 10.1. The molecule has 2 N–H and O–H groups in total. The molecular formula is C18H21ClN2O3S. The monoisotopic (exact) mass is 380 g/mol. The molecule has 25 heavy (non-hydrogen) atoms. The fourth-order valence-corrected chi connectivity index (χ4v) is 3.26. The molecule has 0 saturated heterocycles. The summed E-state index contributed by atoms with van der Waals surface area (Å²) in [4.78, 5) is 12.3. The van der Waals surface area contributed by atoms with Gasteiger partial charge in [-0.1, -0.05) is 25.4 Å². The van der Waals surface area contributed by atoms with Crippen molar-refractivity contribution in [3.63, 3.8) is 0 Å². The first-order valence-corrected chi connectivity index (χ1v) is 9.81. The van der Waals surface area contributed by atoms with Crippen molar-refractivity contribution in [1.82, 2.24) is 4.72 Å². The maximum atomic E-state index is 12.2. The number of amides is 1. The third-order valence-corrected chi connectivity index (χ3v) is 5.27. The lowest BCUT2D eigenvalue weighted by Crippen LogP contribution is -2.25. The van der Waals surface area contributed by atoms with Crippen LogP contribution in [0.1, 0.15) is 30.6 Å². The molecule has 0 unspecified atom stereocenters. The Hall–Kier alpha value is -1.89. The van der Waals surface area contributed by atoms with Crippen LogP contribution in [0.2, 0.25) is 5.02 Å². The van der Waals surface area contributed by atoms with E-state index in [0.717, 1.165) is 6.42 Å². The van der Waals surface area contributed by atoms with Crippen LogP contribution in [0.5, 0.6) is 0 Å². The van der Waals surface area contributed by atoms with Crippen LogP contribution in [-0.4, -0.2) is 20.9 Å². The quantitative estimate of drug-likeness (QED) is 0.764. The van der Waals surface area contributed by atoms with Gasteiger partial charge in [0.15, 0.2) is 0 Å². The van der Waals surface area contributed by atoms with E-state index in [1.165, 1.54) is 24.3 Å². The number of anilines is 1. The second-order valence-corrected chi connectivity index (χ2v) is 8.27. The molecule has 0 radical (unpaired) electrons. The highest BCUT2D eigenvalue weighted by atomic mass is 35.5. The lowest BCUT2D eigenvalue weighted by molar-refractivity contribution is 0.102. The number of benzene rings is 2. The molecule has 0 bridgehead atoms. The first-order chi connectivity index (χ1) is 11.8. The first-order valence-electron chi connectivity index (χ1n) is 7.94. The van der Waals surface area contributed by atoms with Crippen LogP contribution in [0.25, 0.3) is 0 Å². The predicted octanol–water partition coefficient (Wildman–Crippen LogP) is 3.92. The molecule has 0 heterocycles. The summed E-state index contributed by atoms with van der Waals surface area (Å²) in [6.45, 7) is 4.45. The standard InChI is InChI=1S/C18H21ClN2O3S/c1-13(2)11-12-20-25(23,24)17-9-3-14(4-10-17)18(22)21-16-7-5-15(19)6-8-16/h3-10,13,20H,11-12H2,1-2H3,(H,21,22). The van der Waals surface area contributed by atoms with Crippen LogP contribution in [0, 0.1) is 5.92 Å². The lowest BCUT2D eigenvalue weighted by Gasteiger charge is -2.09. The number of carbonyl (C=O) groups excluding carboxylic acids is 1. The highest BCUT2D eigenvalue weighted by Gasteiger charge is 2.14. The average molecular weight is 381 g/mol. The Morgan fingerprint density at radius 1 is 1.04 bits per heavy atom. The van der Waals surface area contributed by atoms with E-state index in [-0.39, 0.29) is 10.8 Å². The van der Waals surface area contributed by atoms with Crippen LogP contribution in [-0.2, 0) is 10.0 Å². The molecule has 2 aromatic rings. The molecule has 5 nitrogen and oxygen atoms in total. The van der Waals surface area contributed by atoms with Crippen molar-refractivity contribution in [1.29, 1.82) is 0 Å². The topological polar surface area (TPSA) is 75.3 Å². The molecule has 7 heteroatoms. The van der Waals surface area contributed by atoms with Gasteiger partial charge in [-0.2, -0.15) is 0 Å². The Bertz CT molecular complexity index is 816. The number of nitrogens with one attached hydrogen (secondary N) is 2. The fraction of sp³-hybridized carbons (Fsp3) is 0.278. The normalized spacial score (nSPS) is 11.5. The van der Waals surface area contributed by atoms with Crippen LogP contribution in [0.4, 0.5) is 5.69 Å². The van der Waals surface area contributed by atoms with Crippen LogP contribution < -0.4 is 10.0 Å². The van der Waals surface area contributed by atoms with Gasteiger partial charge in [-0.05, 0) is 60.9 Å². The molecule has 134 valence electrons. The van der Waals surface area contributed by atoms with Gasteiger partial charge in [-0.25, -0.2) is 13.1 Å². The smallest absolute Gasteiger partial charge is 0.255 e. The molecule has 0 fully saturated rings. The highest BCUT2D eigenvalue weighted by molar-refractivity contribution is 7.89. The van der Waals surface area contributed by atoms with E-state index in [4.69, 9.17) is 11.6 Å².